The van der Waals surface area contributed by atoms with Crippen molar-refractivity contribution in [2.24, 2.45) is 0 Å². The van der Waals surface area contributed by atoms with Crippen LogP contribution in [0.25, 0.3) is 10.9 Å². The second-order valence-electron chi connectivity index (χ2n) is 7.64. The van der Waals surface area contributed by atoms with E-state index in [-0.39, 0.29) is 11.8 Å². The molecule has 1 aliphatic heterocycles. The number of carbonyl (C=O) groups is 2. The lowest BCUT2D eigenvalue weighted by atomic mass is 10.0. The Bertz CT molecular complexity index is 1110. The van der Waals surface area contributed by atoms with Gasteiger partial charge in [-0.05, 0) is 36.8 Å². The fraction of sp³-hybridized carbons (Fsp3) is 0.320. The molecule has 7 heteroatoms. The molecule has 2 aromatic carbocycles. The lowest BCUT2D eigenvalue weighted by Gasteiger charge is -2.33. The predicted molar refractivity (Wildman–Crippen MR) is 122 cm³/mol. The average Bonchev–Trinajstić information content (AvgIpc) is 2.86. The van der Waals surface area contributed by atoms with Gasteiger partial charge in [-0.1, -0.05) is 30.3 Å². The molecule has 0 radical (unpaired) electrons. The van der Waals surface area contributed by atoms with E-state index in [1.165, 1.54) is 0 Å². The minimum Gasteiger partial charge on any atom is -0.377 e. The van der Waals surface area contributed by atoms with Gasteiger partial charge in [-0.3, -0.25) is 9.59 Å². The third-order valence-corrected chi connectivity index (χ3v) is 5.56. The van der Waals surface area contributed by atoms with Crippen LogP contribution in [0.15, 0.2) is 54.6 Å². The predicted octanol–water partition coefficient (Wildman–Crippen LogP) is 3.34. The molecule has 1 fully saturated rings. The number of pyridine rings is 1. The highest BCUT2D eigenvalue weighted by molar-refractivity contribution is 6.06. The summed E-state index contributed by atoms with van der Waals surface area (Å²) in [5, 5.41) is 3.47. The van der Waals surface area contributed by atoms with Crippen LogP contribution in [0.2, 0.25) is 0 Å². The maximum absolute atomic E-state index is 13.1. The first kappa shape index (κ1) is 21.9. The molecule has 1 aromatic heterocycles. The zero-order valence-electron chi connectivity index (χ0n) is 18.3. The molecule has 166 valence electrons. The molecule has 3 aromatic rings. The highest BCUT2D eigenvalue weighted by Crippen LogP contribution is 2.27. The van der Waals surface area contributed by atoms with Crippen LogP contribution in [0, 0.1) is 0 Å². The quantitative estimate of drug-likeness (QED) is 0.645. The van der Waals surface area contributed by atoms with Crippen molar-refractivity contribution in [1.29, 1.82) is 0 Å². The fourth-order valence-corrected chi connectivity index (χ4v) is 3.84. The first-order valence-corrected chi connectivity index (χ1v) is 10.8. The van der Waals surface area contributed by atoms with E-state index in [0.717, 1.165) is 16.5 Å². The Morgan fingerprint density at radius 3 is 2.72 bits per heavy atom. The summed E-state index contributed by atoms with van der Waals surface area (Å²) in [4.78, 5) is 32.1. The van der Waals surface area contributed by atoms with E-state index in [2.05, 4.69) is 5.32 Å². The van der Waals surface area contributed by atoms with Crippen LogP contribution in [0.3, 0.4) is 0 Å². The molecule has 1 N–H and O–H groups in total. The number of rotatable bonds is 6. The number of ether oxygens (including phenoxy) is 2. The van der Waals surface area contributed by atoms with E-state index in [9.17, 15) is 9.59 Å². The summed E-state index contributed by atoms with van der Waals surface area (Å²) in [6.07, 6.45) is -0.405. The van der Waals surface area contributed by atoms with E-state index in [1.54, 1.807) is 18.0 Å². The zero-order valence-corrected chi connectivity index (χ0v) is 18.3. The molecule has 1 aliphatic rings. The first-order valence-electron chi connectivity index (χ1n) is 10.8. The Labute approximate surface area is 187 Å². The van der Waals surface area contributed by atoms with Crippen molar-refractivity contribution in [3.8, 4) is 0 Å². The van der Waals surface area contributed by atoms with Crippen molar-refractivity contribution >= 4 is 22.7 Å². The molecule has 2 amide bonds. The lowest BCUT2D eigenvalue weighted by Crippen LogP contribution is -2.42. The number of fused-ring (bicyclic) bond motifs is 1. The lowest BCUT2D eigenvalue weighted by molar-refractivity contribution is -0.0246. The number of nitrogens with one attached hydrogen (secondary N) is 1. The van der Waals surface area contributed by atoms with Gasteiger partial charge in [0.2, 0.25) is 0 Å². The van der Waals surface area contributed by atoms with Gasteiger partial charge in [-0.2, -0.15) is 0 Å². The molecule has 0 aliphatic carbocycles. The number of hydrogen-bond acceptors (Lipinski definition) is 5. The maximum atomic E-state index is 13.1. The summed E-state index contributed by atoms with van der Waals surface area (Å²) in [5.74, 6) is -0.227. The third kappa shape index (κ3) is 4.64. The van der Waals surface area contributed by atoms with Crippen molar-refractivity contribution < 1.29 is 19.1 Å². The number of aromatic nitrogens is 1. The van der Waals surface area contributed by atoms with Crippen molar-refractivity contribution in [3.63, 3.8) is 0 Å². The van der Waals surface area contributed by atoms with Crippen LogP contribution in [0.4, 0.5) is 0 Å². The Hall–Kier alpha value is -3.29. The molecule has 7 nitrogen and oxygen atoms in total. The molecule has 0 spiro atoms. The van der Waals surface area contributed by atoms with E-state index in [4.69, 9.17) is 14.5 Å². The minimum absolute atomic E-state index is 0.0476. The molecule has 1 saturated heterocycles. The Morgan fingerprint density at radius 1 is 1.19 bits per heavy atom. The number of nitrogens with zero attached hydrogens (tertiary/aromatic N) is 2. The zero-order chi connectivity index (χ0) is 22.5. The van der Waals surface area contributed by atoms with Gasteiger partial charge >= 0.3 is 0 Å². The molecule has 4 rings (SSSR count). The van der Waals surface area contributed by atoms with Gasteiger partial charge < -0.3 is 19.7 Å². The summed E-state index contributed by atoms with van der Waals surface area (Å²) in [5.41, 5.74) is 3.58. The van der Waals surface area contributed by atoms with Crippen molar-refractivity contribution in [2.75, 3.05) is 33.4 Å². The topological polar surface area (TPSA) is 80.8 Å². The van der Waals surface area contributed by atoms with Crippen LogP contribution < -0.4 is 5.32 Å². The van der Waals surface area contributed by atoms with E-state index >= 15 is 0 Å². The fourth-order valence-electron chi connectivity index (χ4n) is 3.84. The van der Waals surface area contributed by atoms with Crippen LogP contribution in [0.5, 0.6) is 0 Å². The number of amides is 2. The Morgan fingerprint density at radius 2 is 1.97 bits per heavy atom. The highest BCUT2D eigenvalue weighted by atomic mass is 16.5. The summed E-state index contributed by atoms with van der Waals surface area (Å²) in [6, 6.07) is 16.8. The van der Waals surface area contributed by atoms with Crippen LogP contribution in [-0.2, 0) is 16.1 Å². The van der Waals surface area contributed by atoms with Crippen molar-refractivity contribution in [1.82, 2.24) is 15.2 Å². The average molecular weight is 434 g/mol. The monoisotopic (exact) mass is 433 g/mol. The molecule has 0 unspecified atom stereocenters. The van der Waals surface area contributed by atoms with Gasteiger partial charge in [-0.15, -0.1) is 0 Å². The molecule has 2 heterocycles. The molecular weight excluding hydrogens is 406 g/mol. The second kappa shape index (κ2) is 9.89. The third-order valence-electron chi connectivity index (χ3n) is 5.56. The smallest absolute Gasteiger partial charge is 0.254 e. The maximum Gasteiger partial charge on any atom is 0.254 e. The first-order chi connectivity index (χ1) is 15.6. The number of para-hydroxylation sites is 1. The summed E-state index contributed by atoms with van der Waals surface area (Å²) < 4.78 is 11.4. The molecule has 1 atom stereocenters. The van der Waals surface area contributed by atoms with Gasteiger partial charge in [0, 0.05) is 31.1 Å². The van der Waals surface area contributed by atoms with E-state index < -0.39 is 6.10 Å². The summed E-state index contributed by atoms with van der Waals surface area (Å²) in [6.45, 7) is 4.42. The van der Waals surface area contributed by atoms with Crippen molar-refractivity contribution in [3.05, 3.63) is 77.0 Å². The van der Waals surface area contributed by atoms with Crippen LogP contribution >= 0.6 is 0 Å². The number of benzene rings is 2. The Kier molecular flexibility index (Phi) is 6.78. The molecule has 0 bridgehead atoms. The number of carbonyl (C=O) groups excluding carboxylic acids is 2. The van der Waals surface area contributed by atoms with Crippen LogP contribution in [-0.4, -0.2) is 55.0 Å². The number of hydrogen-bond donors (Lipinski definition) is 1. The second-order valence-corrected chi connectivity index (χ2v) is 7.64. The minimum atomic E-state index is -0.405. The largest absolute Gasteiger partial charge is 0.377 e. The summed E-state index contributed by atoms with van der Waals surface area (Å²) >= 11 is 0. The van der Waals surface area contributed by atoms with Gasteiger partial charge in [0.05, 0.1) is 36.5 Å². The number of morpholine rings is 1. The van der Waals surface area contributed by atoms with Gasteiger partial charge in [0.1, 0.15) is 6.10 Å². The van der Waals surface area contributed by atoms with E-state index in [1.807, 2.05) is 55.5 Å². The Balaban J connectivity index is 1.55. The van der Waals surface area contributed by atoms with E-state index in [0.29, 0.717) is 49.7 Å². The standard InChI is InChI=1S/C25H27N3O4/c1-3-31-16-17-8-10-18(11-9-17)25(30)28-12-13-32-23(15-28)22-14-20(24(29)26-2)19-6-4-5-7-21(19)27-22/h4-11,14,23H,3,12-13,15-16H2,1-2H3,(H,26,29)/t23-/m0/s1. The SMILES string of the molecule is CCOCc1ccc(C(=O)N2CCO[C@H](c3cc(C(=O)NC)c4ccccc4n3)C2)cc1. The normalized spacial score (nSPS) is 16.2. The highest BCUT2D eigenvalue weighted by Gasteiger charge is 2.28. The van der Waals surface area contributed by atoms with Gasteiger partial charge in [-0.25, -0.2) is 4.98 Å². The van der Waals surface area contributed by atoms with Gasteiger partial charge in [0.25, 0.3) is 11.8 Å². The van der Waals surface area contributed by atoms with Gasteiger partial charge in [0.15, 0.2) is 0 Å². The molecule has 0 saturated carbocycles. The van der Waals surface area contributed by atoms with Crippen molar-refractivity contribution in [2.45, 2.75) is 19.6 Å². The summed E-state index contributed by atoms with van der Waals surface area (Å²) in [7, 11) is 1.61. The molecular formula is C25H27N3O4. The van der Waals surface area contributed by atoms with Crippen LogP contribution in [0.1, 0.15) is 45.0 Å². The molecule has 32 heavy (non-hydrogen) atoms.